The van der Waals surface area contributed by atoms with Gasteiger partial charge in [-0.15, -0.1) is 0 Å². The van der Waals surface area contributed by atoms with Gasteiger partial charge in [0, 0.05) is 23.5 Å². The summed E-state index contributed by atoms with van der Waals surface area (Å²) in [6.07, 6.45) is 14.7. The van der Waals surface area contributed by atoms with Crippen molar-refractivity contribution in [3.63, 3.8) is 0 Å². The normalized spacial score (nSPS) is 19.0. The van der Waals surface area contributed by atoms with Gasteiger partial charge in [0.1, 0.15) is 5.82 Å². The van der Waals surface area contributed by atoms with Gasteiger partial charge in [-0.05, 0) is 72.9 Å². The summed E-state index contributed by atoms with van der Waals surface area (Å²) in [6.45, 7) is 2.28. The minimum atomic E-state index is -0.250. The number of halogens is 1. The van der Waals surface area contributed by atoms with Crippen LogP contribution >= 0.6 is 0 Å². The molecule has 0 aliphatic heterocycles. The molecule has 0 unspecified atom stereocenters. The van der Waals surface area contributed by atoms with Gasteiger partial charge in [-0.3, -0.25) is 0 Å². The van der Waals surface area contributed by atoms with Crippen molar-refractivity contribution in [3.8, 4) is 22.5 Å². The Bertz CT molecular complexity index is 909. The molecule has 1 aliphatic rings. The lowest BCUT2D eigenvalue weighted by atomic mass is 9.77. The third-order valence-corrected chi connectivity index (χ3v) is 6.53. The van der Waals surface area contributed by atoms with Crippen LogP contribution in [-0.2, 0) is 0 Å². The van der Waals surface area contributed by atoms with E-state index in [2.05, 4.69) is 41.2 Å². The fraction of sp³-hybridized carbons (Fsp3) is 0.407. The van der Waals surface area contributed by atoms with E-state index in [9.17, 15) is 4.39 Å². The maximum absolute atomic E-state index is 13.1. The molecule has 2 nitrogen and oxygen atoms in total. The van der Waals surface area contributed by atoms with Crippen LogP contribution in [0.15, 0.2) is 60.9 Å². The van der Waals surface area contributed by atoms with Gasteiger partial charge in [-0.1, -0.05) is 56.9 Å². The van der Waals surface area contributed by atoms with E-state index in [0.717, 1.165) is 22.6 Å². The fourth-order valence-corrected chi connectivity index (χ4v) is 4.64. The molecule has 0 saturated heterocycles. The Labute approximate surface area is 179 Å². The molecule has 1 aliphatic carbocycles. The summed E-state index contributed by atoms with van der Waals surface area (Å²) in [5.74, 6) is 2.02. The van der Waals surface area contributed by atoms with Crippen LogP contribution in [0.3, 0.4) is 0 Å². The summed E-state index contributed by atoms with van der Waals surface area (Å²) in [6, 6.07) is 15.2. The molecule has 0 radical (unpaired) electrons. The maximum Gasteiger partial charge on any atom is 0.159 e. The van der Waals surface area contributed by atoms with E-state index in [-0.39, 0.29) is 5.82 Å². The highest BCUT2D eigenvalue weighted by molar-refractivity contribution is 5.64. The van der Waals surface area contributed by atoms with Crippen molar-refractivity contribution < 1.29 is 4.39 Å². The average Bonchev–Trinajstić information content (AvgIpc) is 2.81. The number of hydrogen-bond acceptors (Lipinski definition) is 2. The molecule has 0 spiro atoms. The number of unbranched alkanes of at least 4 members (excludes halogenated alkanes) is 2. The smallest absolute Gasteiger partial charge is 0.159 e. The van der Waals surface area contributed by atoms with Crippen LogP contribution in [0.2, 0.25) is 0 Å². The van der Waals surface area contributed by atoms with E-state index in [0.29, 0.717) is 11.7 Å². The topological polar surface area (TPSA) is 25.8 Å². The van der Waals surface area contributed by atoms with Crippen molar-refractivity contribution in [3.05, 3.63) is 72.3 Å². The first-order chi connectivity index (χ1) is 14.7. The summed E-state index contributed by atoms with van der Waals surface area (Å²) >= 11 is 0. The summed E-state index contributed by atoms with van der Waals surface area (Å²) in [4.78, 5) is 8.95. The molecule has 156 valence electrons. The second-order valence-corrected chi connectivity index (χ2v) is 8.64. The van der Waals surface area contributed by atoms with Crippen LogP contribution in [-0.4, -0.2) is 9.97 Å². The molecule has 2 aromatic carbocycles. The molecule has 1 heterocycles. The van der Waals surface area contributed by atoms with E-state index in [1.165, 1.54) is 69.1 Å². The Morgan fingerprint density at radius 3 is 2.03 bits per heavy atom. The standard InChI is InChI=1S/C27H31FN2/c1-2-3-4-5-20-6-8-21(9-7-20)22-10-12-23(13-11-22)25-18-29-27(30-19-25)24-14-16-26(28)17-15-24/h10-21H,2-9H2,1H3/t20-,21-. The van der Waals surface area contributed by atoms with Gasteiger partial charge in [0.2, 0.25) is 0 Å². The molecule has 4 rings (SSSR count). The zero-order valence-corrected chi connectivity index (χ0v) is 17.9. The van der Waals surface area contributed by atoms with Crippen LogP contribution in [0.25, 0.3) is 22.5 Å². The molecule has 1 saturated carbocycles. The SMILES string of the molecule is CCCCC[C@H]1CC[C@H](c2ccc(-c3cnc(-c4ccc(F)cc4)nc3)cc2)CC1. The van der Waals surface area contributed by atoms with Gasteiger partial charge in [0.15, 0.2) is 5.82 Å². The first-order valence-electron chi connectivity index (χ1n) is 11.4. The molecule has 0 atom stereocenters. The largest absolute Gasteiger partial charge is 0.236 e. The molecule has 1 fully saturated rings. The second kappa shape index (κ2) is 9.97. The van der Waals surface area contributed by atoms with E-state index < -0.39 is 0 Å². The molecule has 1 aromatic heterocycles. The van der Waals surface area contributed by atoms with E-state index in [1.807, 2.05) is 12.4 Å². The van der Waals surface area contributed by atoms with Crippen molar-refractivity contribution in [1.82, 2.24) is 9.97 Å². The summed E-state index contributed by atoms with van der Waals surface area (Å²) in [7, 11) is 0. The van der Waals surface area contributed by atoms with Crippen molar-refractivity contribution >= 4 is 0 Å². The number of rotatable bonds is 7. The highest BCUT2D eigenvalue weighted by Crippen LogP contribution is 2.38. The van der Waals surface area contributed by atoms with Gasteiger partial charge in [-0.2, -0.15) is 0 Å². The Morgan fingerprint density at radius 2 is 1.40 bits per heavy atom. The minimum Gasteiger partial charge on any atom is -0.236 e. The molecule has 30 heavy (non-hydrogen) atoms. The predicted molar refractivity (Wildman–Crippen MR) is 122 cm³/mol. The average molecular weight is 403 g/mol. The monoisotopic (exact) mass is 402 g/mol. The molecule has 0 bridgehead atoms. The second-order valence-electron chi connectivity index (χ2n) is 8.64. The Balaban J connectivity index is 1.36. The molecular weight excluding hydrogens is 371 g/mol. The lowest BCUT2D eigenvalue weighted by Gasteiger charge is -2.29. The molecule has 0 N–H and O–H groups in total. The van der Waals surface area contributed by atoms with Gasteiger partial charge in [-0.25, -0.2) is 14.4 Å². The van der Waals surface area contributed by atoms with Gasteiger partial charge >= 0.3 is 0 Å². The fourth-order valence-electron chi connectivity index (χ4n) is 4.64. The molecular formula is C27H31FN2. The molecule has 3 heteroatoms. The highest BCUT2D eigenvalue weighted by atomic mass is 19.1. The lowest BCUT2D eigenvalue weighted by Crippen LogP contribution is -2.13. The summed E-state index contributed by atoms with van der Waals surface area (Å²) in [5.41, 5.74) is 4.43. The Kier molecular flexibility index (Phi) is 6.88. The first kappa shape index (κ1) is 20.7. The van der Waals surface area contributed by atoms with Crippen LogP contribution < -0.4 is 0 Å². The van der Waals surface area contributed by atoms with Crippen molar-refractivity contribution in [2.24, 2.45) is 5.92 Å². The number of hydrogen-bond donors (Lipinski definition) is 0. The predicted octanol–water partition coefficient (Wildman–Crippen LogP) is 7.80. The highest BCUT2D eigenvalue weighted by Gasteiger charge is 2.22. The molecule has 0 amide bonds. The van der Waals surface area contributed by atoms with Crippen molar-refractivity contribution in [1.29, 1.82) is 0 Å². The van der Waals surface area contributed by atoms with E-state index >= 15 is 0 Å². The summed E-state index contributed by atoms with van der Waals surface area (Å²) < 4.78 is 13.1. The maximum atomic E-state index is 13.1. The van der Waals surface area contributed by atoms with E-state index in [1.54, 1.807) is 12.1 Å². The number of nitrogens with zero attached hydrogens (tertiary/aromatic N) is 2. The minimum absolute atomic E-state index is 0.250. The van der Waals surface area contributed by atoms with Crippen LogP contribution in [0.5, 0.6) is 0 Å². The number of aromatic nitrogens is 2. The zero-order chi connectivity index (χ0) is 20.8. The van der Waals surface area contributed by atoms with Crippen LogP contribution in [0.4, 0.5) is 4.39 Å². The number of benzene rings is 2. The van der Waals surface area contributed by atoms with Crippen LogP contribution in [0.1, 0.15) is 69.8 Å². The van der Waals surface area contributed by atoms with Gasteiger partial charge < -0.3 is 0 Å². The van der Waals surface area contributed by atoms with E-state index in [4.69, 9.17) is 0 Å². The third-order valence-electron chi connectivity index (χ3n) is 6.53. The third kappa shape index (κ3) is 5.13. The van der Waals surface area contributed by atoms with Crippen molar-refractivity contribution in [2.45, 2.75) is 64.2 Å². The first-order valence-corrected chi connectivity index (χ1v) is 11.4. The van der Waals surface area contributed by atoms with Gasteiger partial charge in [0.05, 0.1) is 0 Å². The summed E-state index contributed by atoms with van der Waals surface area (Å²) in [5, 5.41) is 0. The lowest BCUT2D eigenvalue weighted by molar-refractivity contribution is 0.303. The zero-order valence-electron chi connectivity index (χ0n) is 17.9. The van der Waals surface area contributed by atoms with Gasteiger partial charge in [0.25, 0.3) is 0 Å². The Hall–Kier alpha value is -2.55. The van der Waals surface area contributed by atoms with Crippen molar-refractivity contribution in [2.75, 3.05) is 0 Å². The molecule has 3 aromatic rings. The Morgan fingerprint density at radius 1 is 0.767 bits per heavy atom. The quantitative estimate of drug-likeness (QED) is 0.377. The van der Waals surface area contributed by atoms with Crippen LogP contribution in [0, 0.1) is 11.7 Å².